The maximum atomic E-state index is 14.7. The Morgan fingerprint density at radius 3 is 2.33 bits per heavy atom. The first-order valence-corrected chi connectivity index (χ1v) is 17.2. The quantitative estimate of drug-likeness (QED) is 0.131. The highest BCUT2D eigenvalue weighted by molar-refractivity contribution is 7.92. The molecule has 2 heterocycles. The summed E-state index contributed by atoms with van der Waals surface area (Å²) in [5.41, 5.74) is 6.93. The topological polar surface area (TPSA) is 162 Å². The Balaban J connectivity index is 1.62. The van der Waals surface area contributed by atoms with E-state index in [0.717, 1.165) is 12.1 Å². The number of nitrogens with one attached hydrogen (secondary N) is 2. The summed E-state index contributed by atoms with van der Waals surface area (Å²) < 4.78 is 93.8. The molecule has 1 aliphatic heterocycles. The van der Waals surface area contributed by atoms with Gasteiger partial charge in [-0.3, -0.25) is 10.1 Å². The molecule has 3 aromatic carbocycles. The van der Waals surface area contributed by atoms with Crippen LogP contribution in [0.4, 0.5) is 39.5 Å². The summed E-state index contributed by atoms with van der Waals surface area (Å²) >= 11 is 0. The van der Waals surface area contributed by atoms with Gasteiger partial charge in [0.05, 0.1) is 23.3 Å². The molecule has 1 fully saturated rings. The lowest BCUT2D eigenvalue weighted by atomic mass is 10.00. The van der Waals surface area contributed by atoms with Crippen LogP contribution < -0.4 is 25.8 Å². The number of nitrogen functional groups attached to an aromatic ring is 1. The molecule has 4 aromatic rings. The van der Waals surface area contributed by atoms with Gasteiger partial charge in [0.1, 0.15) is 11.9 Å². The Morgan fingerprint density at radius 1 is 0.941 bits per heavy atom. The third-order valence-corrected chi connectivity index (χ3v) is 10.6. The molecule has 1 aromatic heterocycles. The van der Waals surface area contributed by atoms with Crippen LogP contribution in [0.5, 0.6) is 11.5 Å². The normalized spacial score (nSPS) is 15.3. The van der Waals surface area contributed by atoms with E-state index in [1.807, 2.05) is 0 Å². The van der Waals surface area contributed by atoms with Gasteiger partial charge in [-0.25, -0.2) is 18.2 Å². The van der Waals surface area contributed by atoms with Crippen molar-refractivity contribution >= 4 is 49.8 Å². The van der Waals surface area contributed by atoms with E-state index in [1.165, 1.54) is 56.3 Å². The van der Waals surface area contributed by atoms with Gasteiger partial charge >= 0.3 is 19.3 Å². The van der Waals surface area contributed by atoms with E-state index in [1.54, 1.807) is 24.3 Å². The summed E-state index contributed by atoms with van der Waals surface area (Å²) in [7, 11) is -2.73. The van der Waals surface area contributed by atoms with Crippen molar-refractivity contribution in [1.82, 2.24) is 9.88 Å². The molecule has 272 valence electrons. The fourth-order valence-corrected chi connectivity index (χ4v) is 7.21. The number of rotatable bonds is 12. The predicted molar refractivity (Wildman–Crippen MR) is 181 cm³/mol. The average molecular weight is 734 g/mol. The van der Waals surface area contributed by atoms with Crippen molar-refractivity contribution < 1.29 is 49.8 Å². The number of nitrogens with two attached hydrogens (primary N) is 1. The van der Waals surface area contributed by atoms with Crippen molar-refractivity contribution in [2.45, 2.75) is 62.1 Å². The minimum atomic E-state index is -3.90. The molecule has 17 heteroatoms. The Bertz CT molecular complexity index is 2030. The van der Waals surface area contributed by atoms with E-state index >= 15 is 0 Å². The van der Waals surface area contributed by atoms with E-state index in [2.05, 4.69) is 29.8 Å². The number of carbonyl (C=O) groups is 2. The predicted octanol–water partition coefficient (Wildman–Crippen LogP) is 6.90. The molecule has 0 aliphatic carbocycles. The highest BCUT2D eigenvalue weighted by Gasteiger charge is 2.38. The number of pyridine rings is 1. The number of amides is 2. The lowest BCUT2D eigenvalue weighted by Crippen LogP contribution is -2.38. The van der Waals surface area contributed by atoms with Crippen LogP contribution in [0.3, 0.4) is 0 Å². The minimum absolute atomic E-state index is 0.0380. The SMILES string of the molecule is COC(=O)Nc1ccc(S(=O)(=O)C(C)C)c(C2CCCN2C(=O)C(Nc2ccc3c(N)nccc3c2)c2ccc(OC(F)F)c(OC(F)F)c2)c1. The molecule has 0 bridgehead atoms. The van der Waals surface area contributed by atoms with E-state index in [0.29, 0.717) is 29.3 Å². The van der Waals surface area contributed by atoms with Crippen LogP contribution in [-0.4, -0.2) is 62.4 Å². The number of fused-ring (bicyclic) bond motifs is 1. The smallest absolute Gasteiger partial charge is 0.411 e. The molecule has 2 amide bonds. The number of aromatic nitrogens is 1. The van der Waals surface area contributed by atoms with Crippen LogP contribution in [0.2, 0.25) is 0 Å². The third-order valence-electron chi connectivity index (χ3n) is 8.35. The number of benzene rings is 3. The van der Waals surface area contributed by atoms with E-state index in [9.17, 15) is 35.6 Å². The van der Waals surface area contributed by atoms with Gasteiger partial charge in [-0.1, -0.05) is 6.07 Å². The Hall–Kier alpha value is -5.32. The zero-order chi connectivity index (χ0) is 37.0. The summed E-state index contributed by atoms with van der Waals surface area (Å²) in [6.07, 6.45) is 1.50. The minimum Gasteiger partial charge on any atom is -0.453 e. The maximum absolute atomic E-state index is 14.7. The number of halogens is 4. The first-order chi connectivity index (χ1) is 24.2. The Morgan fingerprint density at radius 2 is 1.65 bits per heavy atom. The summed E-state index contributed by atoms with van der Waals surface area (Å²) in [6, 6.07) is 12.0. The monoisotopic (exact) mass is 733 g/mol. The van der Waals surface area contributed by atoms with Crippen LogP contribution in [0.25, 0.3) is 10.8 Å². The van der Waals surface area contributed by atoms with Gasteiger partial charge < -0.3 is 30.2 Å². The van der Waals surface area contributed by atoms with Crippen LogP contribution >= 0.6 is 0 Å². The molecule has 2 unspecified atom stereocenters. The van der Waals surface area contributed by atoms with Gasteiger partial charge in [0.25, 0.3) is 0 Å². The second kappa shape index (κ2) is 15.3. The van der Waals surface area contributed by atoms with Gasteiger partial charge in [0, 0.05) is 29.5 Å². The molecule has 1 saturated heterocycles. The summed E-state index contributed by atoms with van der Waals surface area (Å²) in [4.78, 5) is 32.2. The fraction of sp³-hybridized carbons (Fsp3) is 0.324. The van der Waals surface area contributed by atoms with Crippen molar-refractivity contribution in [2.75, 3.05) is 30.0 Å². The molecule has 0 spiro atoms. The first kappa shape index (κ1) is 36.9. The highest BCUT2D eigenvalue weighted by Crippen LogP contribution is 2.41. The zero-order valence-electron chi connectivity index (χ0n) is 27.6. The van der Waals surface area contributed by atoms with Crippen LogP contribution in [0, 0.1) is 0 Å². The molecular weight excluding hydrogens is 698 g/mol. The second-order valence-corrected chi connectivity index (χ2v) is 14.3. The average Bonchev–Trinajstić information content (AvgIpc) is 3.57. The molecule has 0 radical (unpaired) electrons. The number of methoxy groups -OCH3 is 1. The molecule has 51 heavy (non-hydrogen) atoms. The Labute approximate surface area is 290 Å². The van der Waals surface area contributed by atoms with Crippen LogP contribution in [0.15, 0.2) is 71.8 Å². The van der Waals surface area contributed by atoms with Crippen molar-refractivity contribution in [1.29, 1.82) is 0 Å². The van der Waals surface area contributed by atoms with E-state index < -0.39 is 63.9 Å². The molecule has 0 saturated carbocycles. The number of likely N-dealkylation sites (tertiary alicyclic amines) is 1. The second-order valence-electron chi connectivity index (χ2n) is 11.8. The molecular formula is C34H35F4N5O7S. The number of carbonyl (C=O) groups excluding carboxylic acids is 2. The molecule has 4 N–H and O–H groups in total. The number of nitrogens with zero attached hydrogens (tertiary/aromatic N) is 2. The van der Waals surface area contributed by atoms with E-state index in [-0.39, 0.29) is 34.1 Å². The number of ether oxygens (including phenoxy) is 3. The zero-order valence-corrected chi connectivity index (χ0v) is 28.4. The molecule has 1 aliphatic rings. The first-order valence-electron chi connectivity index (χ1n) is 15.7. The van der Waals surface area contributed by atoms with Crippen molar-refractivity contribution in [3.8, 4) is 11.5 Å². The standard InChI is InChI=1S/C34H35F4N5O7S/c1-18(2)51(46,47)28-11-8-22(42-34(45)48-3)17-24(28)25-5-4-14-43(25)31(44)29(41-21-7-9-23-19(15-21)12-13-40-30(23)39)20-6-10-26(49-32(35)36)27(16-20)50-33(37)38/h6-13,15-18,25,29,32-33,41H,4-5,14H2,1-3H3,(H2,39,40)(H,42,45). The summed E-state index contributed by atoms with van der Waals surface area (Å²) in [5, 5.41) is 6.12. The summed E-state index contributed by atoms with van der Waals surface area (Å²) in [5.74, 6) is -1.74. The summed E-state index contributed by atoms with van der Waals surface area (Å²) in [6.45, 7) is -3.55. The molecule has 2 atom stereocenters. The number of hydrogen-bond donors (Lipinski definition) is 3. The highest BCUT2D eigenvalue weighted by atomic mass is 32.2. The van der Waals surface area contributed by atoms with Gasteiger partial charge in [0.2, 0.25) is 5.91 Å². The van der Waals surface area contributed by atoms with Crippen molar-refractivity contribution in [3.63, 3.8) is 0 Å². The number of alkyl halides is 4. The third kappa shape index (κ3) is 8.19. The van der Waals surface area contributed by atoms with Gasteiger partial charge in [0.15, 0.2) is 21.3 Å². The lowest BCUT2D eigenvalue weighted by molar-refractivity contribution is -0.133. The number of sulfone groups is 1. The van der Waals surface area contributed by atoms with Crippen molar-refractivity contribution in [2.24, 2.45) is 0 Å². The number of anilines is 3. The van der Waals surface area contributed by atoms with Gasteiger partial charge in [-0.2, -0.15) is 17.6 Å². The lowest BCUT2D eigenvalue weighted by Gasteiger charge is -2.32. The molecule has 5 rings (SSSR count). The van der Waals surface area contributed by atoms with Crippen LogP contribution in [-0.2, 0) is 19.4 Å². The van der Waals surface area contributed by atoms with Crippen LogP contribution in [0.1, 0.15) is 49.9 Å². The fourth-order valence-electron chi connectivity index (χ4n) is 5.92. The molecule has 12 nitrogen and oxygen atoms in total. The number of hydrogen-bond acceptors (Lipinski definition) is 10. The van der Waals surface area contributed by atoms with Crippen molar-refractivity contribution in [3.05, 3.63) is 78.0 Å². The maximum Gasteiger partial charge on any atom is 0.411 e. The Kier molecular flexibility index (Phi) is 11.1. The van der Waals surface area contributed by atoms with Gasteiger partial charge in [-0.05, 0) is 97.8 Å². The van der Waals surface area contributed by atoms with E-state index in [4.69, 9.17) is 5.73 Å². The largest absolute Gasteiger partial charge is 0.453 e. The van der Waals surface area contributed by atoms with Gasteiger partial charge in [-0.15, -0.1) is 0 Å².